The predicted molar refractivity (Wildman–Crippen MR) is 82.0 cm³/mol. The second kappa shape index (κ2) is 7.64. The van der Waals surface area contributed by atoms with Crippen molar-refractivity contribution in [2.75, 3.05) is 27.4 Å². The molecular formula is C16H17ClO4. The summed E-state index contributed by atoms with van der Waals surface area (Å²) >= 11 is 6.01. The number of rotatable bonds is 7. The highest BCUT2D eigenvalue weighted by Crippen LogP contribution is 2.36. The zero-order chi connectivity index (χ0) is 15.1. The van der Waals surface area contributed by atoms with Crippen molar-refractivity contribution in [2.24, 2.45) is 0 Å². The molecular weight excluding hydrogens is 292 g/mol. The van der Waals surface area contributed by atoms with Crippen molar-refractivity contribution in [1.29, 1.82) is 0 Å². The minimum Gasteiger partial charge on any atom is -0.493 e. The van der Waals surface area contributed by atoms with E-state index in [4.69, 9.17) is 30.5 Å². The molecule has 0 aromatic heterocycles. The van der Waals surface area contributed by atoms with Crippen molar-refractivity contribution >= 4 is 11.6 Å². The van der Waals surface area contributed by atoms with Crippen LogP contribution in [0, 0.1) is 0 Å². The van der Waals surface area contributed by atoms with E-state index in [1.165, 1.54) is 0 Å². The highest BCUT2D eigenvalue weighted by Gasteiger charge is 2.11. The molecule has 0 spiro atoms. The summed E-state index contributed by atoms with van der Waals surface area (Å²) < 4.78 is 21.8. The van der Waals surface area contributed by atoms with Crippen molar-refractivity contribution in [3.63, 3.8) is 0 Å². The van der Waals surface area contributed by atoms with Crippen LogP contribution in [0.3, 0.4) is 0 Å². The molecule has 0 bridgehead atoms. The number of halogens is 1. The van der Waals surface area contributed by atoms with Gasteiger partial charge < -0.3 is 18.9 Å². The van der Waals surface area contributed by atoms with Crippen LogP contribution < -0.4 is 18.9 Å². The minimum atomic E-state index is 0.349. The molecule has 0 aliphatic heterocycles. The maximum atomic E-state index is 6.01. The molecule has 0 atom stereocenters. The monoisotopic (exact) mass is 308 g/mol. The van der Waals surface area contributed by atoms with Crippen LogP contribution in [-0.4, -0.2) is 27.4 Å². The van der Waals surface area contributed by atoms with Gasteiger partial charge in [-0.3, -0.25) is 0 Å². The van der Waals surface area contributed by atoms with Gasteiger partial charge in [-0.05, 0) is 24.3 Å². The summed E-state index contributed by atoms with van der Waals surface area (Å²) in [4.78, 5) is 0. The van der Waals surface area contributed by atoms with Gasteiger partial charge in [0, 0.05) is 0 Å². The average Bonchev–Trinajstić information content (AvgIpc) is 2.52. The fourth-order valence-corrected chi connectivity index (χ4v) is 2.01. The number of hydrogen-bond acceptors (Lipinski definition) is 4. The number of ether oxygens (including phenoxy) is 4. The van der Waals surface area contributed by atoms with E-state index in [-0.39, 0.29) is 0 Å². The number of hydrogen-bond donors (Lipinski definition) is 0. The predicted octanol–water partition coefficient (Wildman–Crippen LogP) is 3.82. The molecule has 0 saturated carbocycles. The van der Waals surface area contributed by atoms with E-state index >= 15 is 0 Å². The van der Waals surface area contributed by atoms with Gasteiger partial charge in [-0.1, -0.05) is 29.8 Å². The first-order valence-electron chi connectivity index (χ1n) is 6.47. The highest BCUT2D eigenvalue weighted by atomic mass is 35.5. The van der Waals surface area contributed by atoms with Crippen LogP contribution in [-0.2, 0) is 0 Å². The molecule has 2 aromatic carbocycles. The van der Waals surface area contributed by atoms with E-state index in [1.807, 2.05) is 36.4 Å². The third-order valence-electron chi connectivity index (χ3n) is 2.81. The van der Waals surface area contributed by atoms with Crippen LogP contribution in [0.5, 0.6) is 23.0 Å². The van der Waals surface area contributed by atoms with Crippen molar-refractivity contribution in [3.05, 3.63) is 47.5 Å². The van der Waals surface area contributed by atoms with Crippen LogP contribution in [0.25, 0.3) is 0 Å². The second-order valence-corrected chi connectivity index (χ2v) is 4.53. The van der Waals surface area contributed by atoms with E-state index in [9.17, 15) is 0 Å². The Morgan fingerprint density at radius 2 is 1.33 bits per heavy atom. The summed E-state index contributed by atoms with van der Waals surface area (Å²) in [5, 5.41) is 0.576. The standard InChI is InChI=1S/C16H17ClO4/c1-18-14-8-5-9-15(19-2)16(14)21-11-10-20-13-7-4-3-6-12(13)17/h3-9H,10-11H2,1-2H3. The van der Waals surface area contributed by atoms with Crippen LogP contribution in [0.4, 0.5) is 0 Å². The molecule has 21 heavy (non-hydrogen) atoms. The van der Waals surface area contributed by atoms with Gasteiger partial charge in [-0.2, -0.15) is 0 Å². The molecule has 0 radical (unpaired) electrons. The molecule has 0 amide bonds. The minimum absolute atomic E-state index is 0.349. The van der Waals surface area contributed by atoms with E-state index < -0.39 is 0 Å². The SMILES string of the molecule is COc1cccc(OC)c1OCCOc1ccccc1Cl. The molecule has 0 aliphatic rings. The Morgan fingerprint density at radius 3 is 1.95 bits per heavy atom. The lowest BCUT2D eigenvalue weighted by Crippen LogP contribution is -2.10. The summed E-state index contributed by atoms with van der Waals surface area (Å²) in [7, 11) is 3.17. The van der Waals surface area contributed by atoms with Gasteiger partial charge in [0.25, 0.3) is 0 Å². The van der Waals surface area contributed by atoms with Crippen LogP contribution in [0.15, 0.2) is 42.5 Å². The van der Waals surface area contributed by atoms with Crippen LogP contribution >= 0.6 is 11.6 Å². The Labute approximate surface area is 129 Å². The Bertz CT molecular complexity index is 564. The Morgan fingerprint density at radius 1 is 0.762 bits per heavy atom. The molecule has 0 fully saturated rings. The first-order valence-corrected chi connectivity index (χ1v) is 6.85. The van der Waals surface area contributed by atoms with Gasteiger partial charge in [0.05, 0.1) is 19.2 Å². The second-order valence-electron chi connectivity index (χ2n) is 4.12. The summed E-state index contributed by atoms with van der Waals surface area (Å²) in [6.07, 6.45) is 0. The summed E-state index contributed by atoms with van der Waals surface area (Å²) in [5.41, 5.74) is 0. The van der Waals surface area contributed by atoms with E-state index in [0.29, 0.717) is 41.2 Å². The number of benzene rings is 2. The number of para-hydroxylation sites is 2. The quantitative estimate of drug-likeness (QED) is 0.729. The van der Waals surface area contributed by atoms with Gasteiger partial charge >= 0.3 is 0 Å². The first kappa shape index (κ1) is 15.3. The zero-order valence-corrected chi connectivity index (χ0v) is 12.7. The summed E-state index contributed by atoms with van der Waals surface area (Å²) in [6.45, 7) is 0.715. The molecule has 2 rings (SSSR count). The molecule has 4 nitrogen and oxygen atoms in total. The fourth-order valence-electron chi connectivity index (χ4n) is 1.82. The van der Waals surface area contributed by atoms with Gasteiger partial charge in [-0.25, -0.2) is 0 Å². The maximum absolute atomic E-state index is 6.01. The normalized spacial score (nSPS) is 10.0. The molecule has 5 heteroatoms. The zero-order valence-electron chi connectivity index (χ0n) is 12.0. The average molecular weight is 309 g/mol. The van der Waals surface area contributed by atoms with Gasteiger partial charge in [-0.15, -0.1) is 0 Å². The van der Waals surface area contributed by atoms with Crippen molar-refractivity contribution < 1.29 is 18.9 Å². The van der Waals surface area contributed by atoms with Gasteiger partial charge in [0.1, 0.15) is 19.0 Å². The summed E-state index contributed by atoms with van der Waals surface area (Å²) in [5.74, 6) is 2.43. The third kappa shape index (κ3) is 3.95. The molecule has 0 aliphatic carbocycles. The van der Waals surface area contributed by atoms with E-state index in [2.05, 4.69) is 0 Å². The molecule has 112 valence electrons. The molecule has 0 N–H and O–H groups in total. The molecule has 0 saturated heterocycles. The molecule has 0 unspecified atom stereocenters. The van der Waals surface area contributed by atoms with Gasteiger partial charge in [0.15, 0.2) is 11.5 Å². The lowest BCUT2D eigenvalue weighted by atomic mass is 10.3. The summed E-state index contributed by atoms with van der Waals surface area (Å²) in [6, 6.07) is 12.8. The van der Waals surface area contributed by atoms with E-state index in [0.717, 1.165) is 0 Å². The number of methoxy groups -OCH3 is 2. The lowest BCUT2D eigenvalue weighted by Gasteiger charge is -2.14. The Balaban J connectivity index is 1.93. The highest BCUT2D eigenvalue weighted by molar-refractivity contribution is 6.32. The Kier molecular flexibility index (Phi) is 5.58. The topological polar surface area (TPSA) is 36.9 Å². The fraction of sp³-hybridized carbons (Fsp3) is 0.250. The lowest BCUT2D eigenvalue weighted by molar-refractivity contribution is 0.205. The van der Waals surface area contributed by atoms with Crippen molar-refractivity contribution in [2.45, 2.75) is 0 Å². The van der Waals surface area contributed by atoms with Crippen molar-refractivity contribution in [3.8, 4) is 23.0 Å². The largest absolute Gasteiger partial charge is 0.493 e. The van der Waals surface area contributed by atoms with Crippen LogP contribution in [0.2, 0.25) is 5.02 Å². The first-order chi connectivity index (χ1) is 10.3. The van der Waals surface area contributed by atoms with Gasteiger partial charge in [0.2, 0.25) is 5.75 Å². The Hall–Kier alpha value is -2.07. The van der Waals surface area contributed by atoms with Crippen molar-refractivity contribution in [1.82, 2.24) is 0 Å². The molecule has 2 aromatic rings. The molecule has 0 heterocycles. The van der Waals surface area contributed by atoms with E-state index in [1.54, 1.807) is 20.3 Å². The maximum Gasteiger partial charge on any atom is 0.203 e. The smallest absolute Gasteiger partial charge is 0.203 e. The van der Waals surface area contributed by atoms with Crippen LogP contribution in [0.1, 0.15) is 0 Å². The third-order valence-corrected chi connectivity index (χ3v) is 3.12.